The van der Waals surface area contributed by atoms with Gasteiger partial charge in [-0.05, 0) is 48.2 Å². The summed E-state index contributed by atoms with van der Waals surface area (Å²) in [6, 6.07) is 10.6. The van der Waals surface area contributed by atoms with Gasteiger partial charge in [-0.25, -0.2) is 4.79 Å². The summed E-state index contributed by atoms with van der Waals surface area (Å²) in [5, 5.41) is 10.4. The molecule has 0 heterocycles. The number of ether oxygens (including phenoxy) is 1. The van der Waals surface area contributed by atoms with Crippen molar-refractivity contribution in [2.75, 3.05) is 7.11 Å². The van der Waals surface area contributed by atoms with Gasteiger partial charge in [0.05, 0.1) is 22.7 Å². The number of rotatable bonds is 5. The summed E-state index contributed by atoms with van der Waals surface area (Å²) in [4.78, 5) is 11.7. The first kappa shape index (κ1) is 18.6. The van der Waals surface area contributed by atoms with E-state index >= 15 is 0 Å². The molecule has 0 saturated carbocycles. The maximum absolute atomic E-state index is 11.7. The molecule has 3 nitrogen and oxygen atoms in total. The number of benzene rings is 2. The molecule has 24 heavy (non-hydrogen) atoms. The van der Waals surface area contributed by atoms with Gasteiger partial charge in [-0.2, -0.15) is 0 Å². The first-order valence-electron chi connectivity index (χ1n) is 7.77. The zero-order valence-corrected chi connectivity index (χ0v) is 15.4. The van der Waals surface area contributed by atoms with Crippen LogP contribution in [0.4, 0.5) is 0 Å². The van der Waals surface area contributed by atoms with Gasteiger partial charge in [-0.1, -0.05) is 49.2 Å². The van der Waals surface area contributed by atoms with Gasteiger partial charge in [0, 0.05) is 5.41 Å². The molecule has 0 bridgehead atoms. The quantitative estimate of drug-likeness (QED) is 0.701. The van der Waals surface area contributed by atoms with E-state index in [0.717, 1.165) is 24.0 Å². The third-order valence-electron chi connectivity index (χ3n) is 4.63. The van der Waals surface area contributed by atoms with E-state index in [4.69, 9.17) is 27.9 Å². The number of carbonyl (C=O) groups excluding carboxylic acids is 1. The van der Waals surface area contributed by atoms with Crippen LogP contribution in [-0.2, 0) is 10.2 Å². The normalized spacial score (nSPS) is 11.4. The molecule has 0 radical (unpaired) electrons. The van der Waals surface area contributed by atoms with Gasteiger partial charge in [0.25, 0.3) is 0 Å². The Kier molecular flexibility index (Phi) is 5.79. The number of halogens is 2. The van der Waals surface area contributed by atoms with Crippen LogP contribution in [-0.4, -0.2) is 18.2 Å². The Balaban J connectivity index is 2.60. The summed E-state index contributed by atoms with van der Waals surface area (Å²) in [5.74, 6) is -0.404. The highest BCUT2D eigenvalue weighted by Gasteiger charge is 2.32. The SMILES string of the molecule is CCC(CC)(c1ccc(O)c(Cl)c1)c1ccc(C(=O)OC)c(Cl)c1. The summed E-state index contributed by atoms with van der Waals surface area (Å²) >= 11 is 12.4. The Morgan fingerprint density at radius 1 is 1.04 bits per heavy atom. The lowest BCUT2D eigenvalue weighted by molar-refractivity contribution is 0.0601. The van der Waals surface area contributed by atoms with Gasteiger partial charge in [0.15, 0.2) is 0 Å². The predicted molar refractivity (Wildman–Crippen MR) is 97.3 cm³/mol. The molecule has 0 amide bonds. The molecule has 0 aliphatic rings. The van der Waals surface area contributed by atoms with Crippen molar-refractivity contribution in [3.05, 3.63) is 63.1 Å². The van der Waals surface area contributed by atoms with Gasteiger partial charge in [0.2, 0.25) is 0 Å². The predicted octanol–water partition coefficient (Wildman–Crippen LogP) is 5.59. The van der Waals surface area contributed by atoms with Crippen LogP contribution in [0.2, 0.25) is 10.0 Å². The largest absolute Gasteiger partial charge is 0.506 e. The Bertz CT molecular complexity index is 752. The molecule has 128 valence electrons. The van der Waals surface area contributed by atoms with Crippen LogP contribution in [0.3, 0.4) is 0 Å². The number of aromatic hydroxyl groups is 1. The third-order valence-corrected chi connectivity index (χ3v) is 5.25. The highest BCUT2D eigenvalue weighted by atomic mass is 35.5. The van der Waals surface area contributed by atoms with Crippen molar-refractivity contribution < 1.29 is 14.6 Å². The summed E-state index contributed by atoms with van der Waals surface area (Å²) in [6.45, 7) is 4.18. The molecule has 5 heteroatoms. The molecule has 0 saturated heterocycles. The van der Waals surface area contributed by atoms with Gasteiger partial charge in [0.1, 0.15) is 5.75 Å². The number of phenols is 1. The van der Waals surface area contributed by atoms with Crippen LogP contribution in [0, 0.1) is 0 Å². The average molecular weight is 367 g/mol. The molecule has 0 unspecified atom stereocenters. The summed E-state index contributed by atoms with van der Waals surface area (Å²) in [5.41, 5.74) is 2.02. The van der Waals surface area contributed by atoms with Gasteiger partial charge >= 0.3 is 5.97 Å². The van der Waals surface area contributed by atoms with Crippen LogP contribution in [0.1, 0.15) is 48.2 Å². The van der Waals surface area contributed by atoms with Gasteiger partial charge < -0.3 is 9.84 Å². The molecule has 0 aliphatic heterocycles. The van der Waals surface area contributed by atoms with Crippen LogP contribution in [0.5, 0.6) is 5.75 Å². The molecular weight excluding hydrogens is 347 g/mol. The van der Waals surface area contributed by atoms with Crippen molar-refractivity contribution in [1.29, 1.82) is 0 Å². The van der Waals surface area contributed by atoms with E-state index in [2.05, 4.69) is 13.8 Å². The number of carbonyl (C=O) groups is 1. The fourth-order valence-corrected chi connectivity index (χ4v) is 3.56. The van der Waals surface area contributed by atoms with Crippen molar-refractivity contribution in [2.24, 2.45) is 0 Å². The molecule has 0 aromatic heterocycles. The van der Waals surface area contributed by atoms with E-state index in [9.17, 15) is 9.90 Å². The molecular formula is C19H20Cl2O3. The van der Waals surface area contributed by atoms with E-state index in [-0.39, 0.29) is 11.2 Å². The zero-order valence-electron chi connectivity index (χ0n) is 13.9. The smallest absolute Gasteiger partial charge is 0.339 e. The molecule has 0 fully saturated rings. The summed E-state index contributed by atoms with van der Waals surface area (Å²) in [7, 11) is 1.33. The number of esters is 1. The van der Waals surface area contributed by atoms with Gasteiger partial charge in [-0.15, -0.1) is 0 Å². The fourth-order valence-electron chi connectivity index (χ4n) is 3.13. The Hall–Kier alpha value is -1.71. The molecule has 1 N–H and O–H groups in total. The van der Waals surface area contributed by atoms with Gasteiger partial charge in [-0.3, -0.25) is 0 Å². The van der Waals surface area contributed by atoms with E-state index in [0.29, 0.717) is 15.6 Å². The Morgan fingerprint density at radius 2 is 1.58 bits per heavy atom. The average Bonchev–Trinajstić information content (AvgIpc) is 2.59. The first-order chi connectivity index (χ1) is 11.4. The van der Waals surface area contributed by atoms with Crippen LogP contribution < -0.4 is 0 Å². The molecule has 2 aromatic carbocycles. The highest BCUT2D eigenvalue weighted by Crippen LogP contribution is 2.42. The van der Waals surface area contributed by atoms with E-state index in [1.54, 1.807) is 18.2 Å². The number of hydrogen-bond donors (Lipinski definition) is 1. The van der Waals surface area contributed by atoms with E-state index in [1.165, 1.54) is 7.11 Å². The van der Waals surface area contributed by atoms with Crippen molar-refractivity contribution in [3.63, 3.8) is 0 Å². The van der Waals surface area contributed by atoms with E-state index in [1.807, 2.05) is 18.2 Å². The van der Waals surface area contributed by atoms with Crippen LogP contribution in [0.25, 0.3) is 0 Å². The fraction of sp³-hybridized carbons (Fsp3) is 0.316. The molecule has 0 aliphatic carbocycles. The van der Waals surface area contributed by atoms with Crippen molar-refractivity contribution in [3.8, 4) is 5.75 Å². The maximum atomic E-state index is 11.7. The van der Waals surface area contributed by atoms with Crippen molar-refractivity contribution in [1.82, 2.24) is 0 Å². The minimum absolute atomic E-state index is 0.0561. The second-order valence-electron chi connectivity index (χ2n) is 5.64. The van der Waals surface area contributed by atoms with Crippen LogP contribution >= 0.6 is 23.2 Å². The number of phenolic OH excluding ortho intramolecular Hbond substituents is 1. The first-order valence-corrected chi connectivity index (χ1v) is 8.52. The van der Waals surface area contributed by atoms with E-state index < -0.39 is 5.97 Å². The lowest BCUT2D eigenvalue weighted by atomic mass is 9.70. The Labute approximate surface area is 152 Å². The van der Waals surface area contributed by atoms with Crippen molar-refractivity contribution >= 4 is 29.2 Å². The second-order valence-corrected chi connectivity index (χ2v) is 6.46. The molecule has 2 rings (SSSR count). The topological polar surface area (TPSA) is 46.5 Å². The molecule has 0 spiro atoms. The van der Waals surface area contributed by atoms with Crippen LogP contribution in [0.15, 0.2) is 36.4 Å². The minimum atomic E-state index is -0.460. The number of methoxy groups -OCH3 is 1. The molecule has 2 aromatic rings. The lowest BCUT2D eigenvalue weighted by Crippen LogP contribution is -2.26. The lowest BCUT2D eigenvalue weighted by Gasteiger charge is -2.33. The second kappa shape index (κ2) is 7.45. The standard InChI is InChI=1S/C19H20Cl2O3/c1-4-19(5-2,13-7-9-17(22)16(21)11-13)12-6-8-14(15(20)10-12)18(23)24-3/h6-11,22H,4-5H2,1-3H3. The highest BCUT2D eigenvalue weighted by molar-refractivity contribution is 6.33. The van der Waals surface area contributed by atoms with Crippen molar-refractivity contribution in [2.45, 2.75) is 32.1 Å². The monoisotopic (exact) mass is 366 g/mol. The maximum Gasteiger partial charge on any atom is 0.339 e. The Morgan fingerprint density at radius 3 is 2.04 bits per heavy atom. The zero-order chi connectivity index (χ0) is 17.9. The minimum Gasteiger partial charge on any atom is -0.506 e. The molecule has 0 atom stereocenters. The summed E-state index contributed by atoms with van der Waals surface area (Å²) in [6.07, 6.45) is 1.64. The summed E-state index contributed by atoms with van der Waals surface area (Å²) < 4.78 is 4.74. The third kappa shape index (κ3) is 3.24. The number of hydrogen-bond acceptors (Lipinski definition) is 3.